The second-order valence-electron chi connectivity index (χ2n) is 2.53. The standard InChI is InChI=1S/C7H16ClN/c1-4-6(2)9-7(3)5-8/h6-7,9H,4-5H2,1-3H3. The van der Waals surface area contributed by atoms with E-state index in [1.807, 2.05) is 0 Å². The summed E-state index contributed by atoms with van der Waals surface area (Å²) >= 11 is 5.59. The van der Waals surface area contributed by atoms with Gasteiger partial charge in [0, 0.05) is 18.0 Å². The van der Waals surface area contributed by atoms with Crippen LogP contribution < -0.4 is 5.32 Å². The highest BCUT2D eigenvalue weighted by Gasteiger charge is 2.01. The number of alkyl halides is 1. The summed E-state index contributed by atoms with van der Waals surface area (Å²) < 4.78 is 0. The molecular weight excluding hydrogens is 134 g/mol. The Labute approximate surface area is 62.8 Å². The molecule has 1 nitrogen and oxygen atoms in total. The first kappa shape index (κ1) is 9.25. The molecule has 2 heteroatoms. The average molecular weight is 150 g/mol. The zero-order valence-electron chi connectivity index (χ0n) is 6.45. The minimum Gasteiger partial charge on any atom is -0.311 e. The van der Waals surface area contributed by atoms with Crippen molar-refractivity contribution in [1.82, 2.24) is 5.32 Å². The second-order valence-corrected chi connectivity index (χ2v) is 2.84. The lowest BCUT2D eigenvalue weighted by atomic mass is 10.2. The predicted octanol–water partition coefficient (Wildman–Crippen LogP) is 2.00. The molecule has 0 fully saturated rings. The van der Waals surface area contributed by atoms with Crippen molar-refractivity contribution >= 4 is 11.6 Å². The highest BCUT2D eigenvalue weighted by atomic mass is 35.5. The molecule has 0 aromatic rings. The van der Waals surface area contributed by atoms with Crippen LogP contribution in [0.15, 0.2) is 0 Å². The number of hydrogen-bond donors (Lipinski definition) is 1. The maximum absolute atomic E-state index is 5.59. The molecule has 0 aliphatic rings. The quantitative estimate of drug-likeness (QED) is 0.603. The van der Waals surface area contributed by atoms with Crippen LogP contribution in [0.3, 0.4) is 0 Å². The van der Waals surface area contributed by atoms with Gasteiger partial charge in [-0.05, 0) is 20.3 Å². The van der Waals surface area contributed by atoms with Gasteiger partial charge in [0.2, 0.25) is 0 Å². The molecule has 2 unspecified atom stereocenters. The molecule has 0 aromatic carbocycles. The summed E-state index contributed by atoms with van der Waals surface area (Å²) in [6.07, 6.45) is 1.17. The maximum Gasteiger partial charge on any atom is 0.0374 e. The van der Waals surface area contributed by atoms with Gasteiger partial charge in [0.25, 0.3) is 0 Å². The van der Waals surface area contributed by atoms with E-state index in [-0.39, 0.29) is 0 Å². The van der Waals surface area contributed by atoms with Gasteiger partial charge >= 0.3 is 0 Å². The van der Waals surface area contributed by atoms with Crippen LogP contribution >= 0.6 is 11.6 Å². The molecule has 0 aromatic heterocycles. The largest absolute Gasteiger partial charge is 0.311 e. The van der Waals surface area contributed by atoms with E-state index >= 15 is 0 Å². The molecule has 0 saturated heterocycles. The lowest BCUT2D eigenvalue weighted by molar-refractivity contribution is 0.482. The molecule has 0 amide bonds. The predicted molar refractivity (Wildman–Crippen MR) is 43.1 cm³/mol. The number of nitrogens with one attached hydrogen (secondary N) is 1. The van der Waals surface area contributed by atoms with Crippen LogP contribution in [0.5, 0.6) is 0 Å². The molecule has 1 N–H and O–H groups in total. The summed E-state index contributed by atoms with van der Waals surface area (Å²) in [7, 11) is 0. The number of hydrogen-bond acceptors (Lipinski definition) is 1. The molecule has 0 bridgehead atoms. The molecule has 0 spiro atoms. The minimum absolute atomic E-state index is 0.446. The van der Waals surface area contributed by atoms with Crippen molar-refractivity contribution in [3.8, 4) is 0 Å². The normalized spacial score (nSPS) is 17.3. The van der Waals surface area contributed by atoms with Crippen molar-refractivity contribution < 1.29 is 0 Å². The SMILES string of the molecule is CCC(C)NC(C)CCl. The average Bonchev–Trinajstić information content (AvgIpc) is 1.87. The van der Waals surface area contributed by atoms with Gasteiger partial charge in [-0.25, -0.2) is 0 Å². The van der Waals surface area contributed by atoms with Crippen molar-refractivity contribution in [2.45, 2.75) is 39.3 Å². The van der Waals surface area contributed by atoms with E-state index in [1.54, 1.807) is 0 Å². The van der Waals surface area contributed by atoms with Gasteiger partial charge < -0.3 is 5.32 Å². The van der Waals surface area contributed by atoms with Crippen LogP contribution in [-0.4, -0.2) is 18.0 Å². The molecular formula is C7H16ClN. The molecule has 0 saturated carbocycles. The van der Waals surface area contributed by atoms with Crippen LogP contribution in [0.1, 0.15) is 27.2 Å². The second kappa shape index (κ2) is 5.07. The fourth-order valence-corrected chi connectivity index (χ4v) is 0.737. The minimum atomic E-state index is 0.446. The van der Waals surface area contributed by atoms with E-state index in [4.69, 9.17) is 11.6 Å². The first-order valence-electron chi connectivity index (χ1n) is 3.52. The van der Waals surface area contributed by atoms with Gasteiger partial charge in [-0.1, -0.05) is 6.92 Å². The third-order valence-corrected chi connectivity index (χ3v) is 1.88. The highest BCUT2D eigenvalue weighted by molar-refractivity contribution is 6.18. The van der Waals surface area contributed by atoms with Crippen LogP contribution in [0.4, 0.5) is 0 Å². The van der Waals surface area contributed by atoms with Crippen LogP contribution in [0.25, 0.3) is 0 Å². The van der Waals surface area contributed by atoms with Crippen molar-refractivity contribution in [3.05, 3.63) is 0 Å². The van der Waals surface area contributed by atoms with Gasteiger partial charge in [-0.15, -0.1) is 11.6 Å². The summed E-state index contributed by atoms with van der Waals surface area (Å²) in [5, 5.41) is 3.35. The molecule has 0 rings (SSSR count). The van der Waals surface area contributed by atoms with E-state index in [0.29, 0.717) is 18.0 Å². The van der Waals surface area contributed by atoms with E-state index in [1.165, 1.54) is 6.42 Å². The van der Waals surface area contributed by atoms with Gasteiger partial charge in [0.05, 0.1) is 0 Å². The molecule has 2 atom stereocenters. The Bertz CT molecular complexity index is 57.9. The lowest BCUT2D eigenvalue weighted by Gasteiger charge is -2.15. The maximum atomic E-state index is 5.59. The van der Waals surface area contributed by atoms with Crippen LogP contribution in [-0.2, 0) is 0 Å². The summed E-state index contributed by atoms with van der Waals surface area (Å²) in [6.45, 7) is 6.43. The van der Waals surface area contributed by atoms with Crippen LogP contribution in [0.2, 0.25) is 0 Å². The third kappa shape index (κ3) is 4.73. The molecule has 9 heavy (non-hydrogen) atoms. The fraction of sp³-hybridized carbons (Fsp3) is 1.00. The van der Waals surface area contributed by atoms with E-state index in [2.05, 4.69) is 26.1 Å². The van der Waals surface area contributed by atoms with E-state index in [9.17, 15) is 0 Å². The Kier molecular flexibility index (Phi) is 5.21. The fourth-order valence-electron chi connectivity index (χ4n) is 0.648. The number of rotatable bonds is 4. The summed E-state index contributed by atoms with van der Waals surface area (Å²) in [5.74, 6) is 0.699. The monoisotopic (exact) mass is 149 g/mol. The Morgan fingerprint density at radius 1 is 1.33 bits per heavy atom. The topological polar surface area (TPSA) is 12.0 Å². The first-order valence-corrected chi connectivity index (χ1v) is 4.06. The zero-order valence-corrected chi connectivity index (χ0v) is 7.20. The van der Waals surface area contributed by atoms with Gasteiger partial charge in [-0.3, -0.25) is 0 Å². The summed E-state index contributed by atoms with van der Waals surface area (Å²) in [4.78, 5) is 0. The van der Waals surface area contributed by atoms with Crippen molar-refractivity contribution in [3.63, 3.8) is 0 Å². The third-order valence-electron chi connectivity index (χ3n) is 1.41. The smallest absolute Gasteiger partial charge is 0.0374 e. The molecule has 0 aliphatic heterocycles. The number of halogens is 1. The molecule has 0 radical (unpaired) electrons. The van der Waals surface area contributed by atoms with Crippen LogP contribution in [0, 0.1) is 0 Å². The Balaban J connectivity index is 3.22. The van der Waals surface area contributed by atoms with E-state index in [0.717, 1.165) is 0 Å². The Morgan fingerprint density at radius 2 is 1.89 bits per heavy atom. The lowest BCUT2D eigenvalue weighted by Crippen LogP contribution is -2.34. The summed E-state index contributed by atoms with van der Waals surface area (Å²) in [5.41, 5.74) is 0. The Morgan fingerprint density at radius 3 is 2.22 bits per heavy atom. The van der Waals surface area contributed by atoms with E-state index < -0.39 is 0 Å². The molecule has 56 valence electrons. The van der Waals surface area contributed by atoms with Gasteiger partial charge in [-0.2, -0.15) is 0 Å². The highest BCUT2D eigenvalue weighted by Crippen LogP contribution is 1.92. The van der Waals surface area contributed by atoms with Crippen molar-refractivity contribution in [2.75, 3.05) is 5.88 Å². The molecule has 0 heterocycles. The summed E-state index contributed by atoms with van der Waals surface area (Å²) in [6, 6.07) is 1.04. The zero-order chi connectivity index (χ0) is 7.28. The molecule has 0 aliphatic carbocycles. The van der Waals surface area contributed by atoms with Gasteiger partial charge in [0.1, 0.15) is 0 Å². The van der Waals surface area contributed by atoms with Gasteiger partial charge in [0.15, 0.2) is 0 Å². The first-order chi connectivity index (χ1) is 4.20. The Hall–Kier alpha value is 0.250. The van der Waals surface area contributed by atoms with Crippen molar-refractivity contribution in [1.29, 1.82) is 0 Å². The van der Waals surface area contributed by atoms with Crippen molar-refractivity contribution in [2.24, 2.45) is 0 Å².